The van der Waals surface area contributed by atoms with Crippen LogP contribution in [0.25, 0.3) is 0 Å². The molecule has 4 rings (SSSR count). The molecule has 1 aromatic carbocycles. The number of hydrogen-bond acceptors (Lipinski definition) is 8. The van der Waals surface area contributed by atoms with Crippen molar-refractivity contribution in [1.82, 2.24) is 25.2 Å². The highest BCUT2D eigenvalue weighted by Crippen LogP contribution is 2.44. The summed E-state index contributed by atoms with van der Waals surface area (Å²) in [4.78, 5) is 21.7. The van der Waals surface area contributed by atoms with Gasteiger partial charge in [-0.2, -0.15) is 31.1 Å². The summed E-state index contributed by atoms with van der Waals surface area (Å²) in [6, 6.07) is 3.24. The highest BCUT2D eigenvalue weighted by molar-refractivity contribution is 5.90. The average molecular weight is 602 g/mol. The van der Waals surface area contributed by atoms with Gasteiger partial charge in [-0.15, -0.1) is 5.10 Å². The second-order valence-corrected chi connectivity index (χ2v) is 9.99. The zero-order chi connectivity index (χ0) is 31.0. The number of methoxy groups -OCH3 is 1. The molecule has 0 radical (unpaired) electrons. The van der Waals surface area contributed by atoms with Crippen molar-refractivity contribution in [2.24, 2.45) is 7.05 Å². The Balaban J connectivity index is 1.89. The molecule has 2 atom stereocenters. The predicted molar refractivity (Wildman–Crippen MR) is 138 cm³/mol. The van der Waals surface area contributed by atoms with Gasteiger partial charge in [0.25, 0.3) is 5.95 Å². The molecule has 3 heterocycles. The molecule has 0 saturated heterocycles. The Morgan fingerprint density at radius 2 is 1.74 bits per heavy atom. The van der Waals surface area contributed by atoms with E-state index in [9.17, 15) is 31.1 Å². The van der Waals surface area contributed by atoms with Crippen molar-refractivity contribution < 1.29 is 40.6 Å². The number of benzene rings is 1. The van der Waals surface area contributed by atoms with Crippen LogP contribution in [-0.4, -0.2) is 50.5 Å². The van der Waals surface area contributed by atoms with Crippen molar-refractivity contribution in [3.63, 3.8) is 0 Å². The van der Waals surface area contributed by atoms with E-state index in [1.807, 2.05) is 6.92 Å². The lowest BCUT2D eigenvalue weighted by Crippen LogP contribution is -2.48. The highest BCUT2D eigenvalue weighted by atomic mass is 19.4. The first-order valence-corrected chi connectivity index (χ1v) is 13.0. The van der Waals surface area contributed by atoms with Crippen LogP contribution < -0.4 is 14.5 Å². The summed E-state index contributed by atoms with van der Waals surface area (Å²) in [5.41, 5.74) is -2.56. The Morgan fingerprint density at radius 3 is 2.24 bits per heavy atom. The Kier molecular flexibility index (Phi) is 8.55. The minimum atomic E-state index is -5.03. The molecule has 0 aliphatic carbocycles. The molecule has 0 N–H and O–H groups in total. The Hall–Kier alpha value is -4.11. The molecular formula is C26H29F6N7O3. The first-order chi connectivity index (χ1) is 19.6. The Bertz CT molecular complexity index is 1390. The van der Waals surface area contributed by atoms with Crippen molar-refractivity contribution in [2.45, 2.75) is 70.7 Å². The minimum absolute atomic E-state index is 0.0582. The van der Waals surface area contributed by atoms with Crippen LogP contribution in [0.5, 0.6) is 5.88 Å². The van der Waals surface area contributed by atoms with Gasteiger partial charge >= 0.3 is 18.4 Å². The normalized spacial score (nSPS) is 17.3. The largest absolute Gasteiger partial charge is 0.481 e. The van der Waals surface area contributed by atoms with Crippen molar-refractivity contribution >= 4 is 17.7 Å². The lowest BCUT2D eigenvalue weighted by Gasteiger charge is -2.43. The molecule has 42 heavy (non-hydrogen) atoms. The van der Waals surface area contributed by atoms with Gasteiger partial charge in [0.05, 0.1) is 48.8 Å². The van der Waals surface area contributed by atoms with Gasteiger partial charge in [0.1, 0.15) is 0 Å². The summed E-state index contributed by atoms with van der Waals surface area (Å²) in [5, 5.41) is 12.0. The topological polar surface area (TPSA) is 98.5 Å². The van der Waals surface area contributed by atoms with E-state index in [4.69, 9.17) is 9.47 Å². The van der Waals surface area contributed by atoms with Gasteiger partial charge in [-0.05, 0) is 61.7 Å². The molecule has 228 valence electrons. The van der Waals surface area contributed by atoms with Crippen LogP contribution in [0.2, 0.25) is 0 Å². The number of carbonyl (C=O) groups is 1. The summed E-state index contributed by atoms with van der Waals surface area (Å²) in [6.07, 6.45) is -10.5. The van der Waals surface area contributed by atoms with Crippen LogP contribution in [0.3, 0.4) is 0 Å². The van der Waals surface area contributed by atoms with Crippen molar-refractivity contribution in [2.75, 3.05) is 16.9 Å². The van der Waals surface area contributed by atoms with E-state index in [0.717, 1.165) is 4.80 Å². The summed E-state index contributed by atoms with van der Waals surface area (Å²) in [6.45, 7) is 4.77. The number of alkyl halides is 6. The maximum atomic E-state index is 13.6. The van der Waals surface area contributed by atoms with E-state index in [1.54, 1.807) is 19.9 Å². The third kappa shape index (κ3) is 6.51. The SMILES string of the molecule is CCC1CC(N(Cc2cc(C(F)(F)F)cc(C(F)(F)F)c2)c2nnn(C)n2)c2nc(OC)ccc2N1C(=O)OC(C)C. The van der Waals surface area contributed by atoms with Crippen LogP contribution in [0.1, 0.15) is 62.0 Å². The third-order valence-corrected chi connectivity index (χ3v) is 6.66. The van der Waals surface area contributed by atoms with Gasteiger partial charge in [-0.3, -0.25) is 4.90 Å². The smallest absolute Gasteiger partial charge is 0.416 e. The van der Waals surface area contributed by atoms with E-state index < -0.39 is 54.3 Å². The van der Waals surface area contributed by atoms with Gasteiger partial charge in [-0.25, -0.2) is 9.78 Å². The number of ether oxygens (including phenoxy) is 2. The number of hydrogen-bond donors (Lipinski definition) is 0. The molecule has 2 aromatic heterocycles. The minimum Gasteiger partial charge on any atom is -0.481 e. The predicted octanol–water partition coefficient (Wildman–Crippen LogP) is 5.93. The van der Waals surface area contributed by atoms with E-state index in [-0.39, 0.29) is 35.6 Å². The fourth-order valence-corrected chi connectivity index (χ4v) is 4.83. The fourth-order valence-electron chi connectivity index (χ4n) is 4.83. The summed E-state index contributed by atoms with van der Waals surface area (Å²) in [7, 11) is 2.85. The second kappa shape index (κ2) is 11.6. The van der Waals surface area contributed by atoms with Crippen LogP contribution in [0.15, 0.2) is 30.3 Å². The first kappa shape index (κ1) is 30.8. The van der Waals surface area contributed by atoms with Gasteiger partial charge in [0.2, 0.25) is 5.88 Å². The molecule has 1 aliphatic rings. The van der Waals surface area contributed by atoms with Gasteiger partial charge < -0.3 is 14.4 Å². The number of anilines is 2. The summed E-state index contributed by atoms with van der Waals surface area (Å²) >= 11 is 0. The number of aryl methyl sites for hydroxylation is 1. The quantitative estimate of drug-likeness (QED) is 0.307. The highest BCUT2D eigenvalue weighted by Gasteiger charge is 2.42. The van der Waals surface area contributed by atoms with Crippen molar-refractivity contribution in [3.05, 3.63) is 52.7 Å². The number of fused-ring (bicyclic) bond motifs is 1. The van der Waals surface area contributed by atoms with Crippen LogP contribution in [0.4, 0.5) is 42.8 Å². The van der Waals surface area contributed by atoms with E-state index in [0.29, 0.717) is 24.2 Å². The zero-order valence-corrected chi connectivity index (χ0v) is 23.4. The second-order valence-electron chi connectivity index (χ2n) is 9.99. The summed E-state index contributed by atoms with van der Waals surface area (Å²) in [5.74, 6) is 0.119. The number of tetrazole rings is 1. The number of halogens is 6. The number of rotatable bonds is 7. The van der Waals surface area contributed by atoms with Gasteiger partial charge in [0, 0.05) is 18.7 Å². The van der Waals surface area contributed by atoms with E-state index >= 15 is 0 Å². The average Bonchev–Trinajstić information content (AvgIpc) is 3.34. The molecule has 10 nitrogen and oxygen atoms in total. The van der Waals surface area contributed by atoms with E-state index in [1.165, 1.54) is 30.0 Å². The molecule has 1 amide bonds. The lowest BCUT2D eigenvalue weighted by atomic mass is 9.92. The Labute approximate surface area is 237 Å². The molecule has 0 saturated carbocycles. The van der Waals surface area contributed by atoms with Crippen molar-refractivity contribution in [1.29, 1.82) is 0 Å². The number of nitrogens with zero attached hydrogens (tertiary/aromatic N) is 7. The monoisotopic (exact) mass is 601 g/mol. The van der Waals surface area contributed by atoms with Crippen molar-refractivity contribution in [3.8, 4) is 5.88 Å². The number of amides is 1. The Morgan fingerprint density at radius 1 is 1.10 bits per heavy atom. The zero-order valence-electron chi connectivity index (χ0n) is 23.4. The van der Waals surface area contributed by atoms with Gasteiger partial charge in [0.15, 0.2) is 0 Å². The standard InChI is InChI=1S/C26H29F6N7O3/c1-6-18-12-20(22-19(7-8-21(33-22)41-5)39(18)24(40)42-14(2)3)38(23-34-36-37(4)35-23)13-15-9-16(25(27,28)29)11-17(10-15)26(30,31)32/h7-11,14,18,20H,6,12-13H2,1-5H3. The summed E-state index contributed by atoms with van der Waals surface area (Å²) < 4.78 is 92.7. The maximum absolute atomic E-state index is 13.6. The van der Waals surface area contributed by atoms with Gasteiger partial charge in [-0.1, -0.05) is 12.0 Å². The maximum Gasteiger partial charge on any atom is 0.416 e. The lowest BCUT2D eigenvalue weighted by molar-refractivity contribution is -0.143. The van der Waals surface area contributed by atoms with Crippen LogP contribution >= 0.6 is 0 Å². The number of aromatic nitrogens is 5. The van der Waals surface area contributed by atoms with Crippen LogP contribution in [-0.2, 0) is 30.7 Å². The van der Waals surface area contributed by atoms with Crippen LogP contribution in [0, 0.1) is 0 Å². The number of carbonyl (C=O) groups excluding carboxylic acids is 1. The van der Waals surface area contributed by atoms with E-state index in [2.05, 4.69) is 20.4 Å². The molecule has 0 bridgehead atoms. The molecular weight excluding hydrogens is 572 g/mol. The number of pyridine rings is 1. The first-order valence-electron chi connectivity index (χ1n) is 13.0. The molecule has 3 aromatic rings. The third-order valence-electron chi connectivity index (χ3n) is 6.66. The molecule has 2 unspecified atom stereocenters. The molecule has 1 aliphatic heterocycles. The molecule has 16 heteroatoms. The molecule has 0 spiro atoms. The molecule has 0 fully saturated rings. The fraction of sp³-hybridized carbons (Fsp3) is 0.500.